The smallest absolute Gasteiger partial charge is 0.262 e. The molecule has 41 heavy (non-hydrogen) atoms. The maximum atomic E-state index is 14.0. The molecule has 3 aromatic carbocycles. The molecule has 0 spiro atoms. The van der Waals surface area contributed by atoms with Crippen molar-refractivity contribution in [2.24, 2.45) is 0 Å². The highest BCUT2D eigenvalue weighted by Crippen LogP contribution is 2.30. The molecule has 2 amide bonds. The van der Waals surface area contributed by atoms with Gasteiger partial charge in [0, 0.05) is 31.0 Å². The molecular weight excluding hydrogens is 521 g/mol. The Morgan fingerprint density at radius 3 is 2.07 bits per heavy atom. The number of methoxy groups -OCH3 is 2. The fourth-order valence-corrected chi connectivity index (χ4v) is 4.71. The van der Waals surface area contributed by atoms with Crippen molar-refractivity contribution in [3.05, 3.63) is 119 Å². The van der Waals surface area contributed by atoms with E-state index in [9.17, 15) is 14.0 Å². The lowest BCUT2D eigenvalue weighted by molar-refractivity contribution is -0.133. The van der Waals surface area contributed by atoms with Crippen LogP contribution in [-0.2, 0) is 24.4 Å². The van der Waals surface area contributed by atoms with E-state index in [-0.39, 0.29) is 35.8 Å². The van der Waals surface area contributed by atoms with Crippen LogP contribution in [0.15, 0.2) is 91.1 Å². The van der Waals surface area contributed by atoms with Gasteiger partial charge in [-0.25, -0.2) is 4.39 Å². The number of hydrogen-bond acceptors (Lipinski definition) is 4. The van der Waals surface area contributed by atoms with E-state index in [0.717, 1.165) is 16.8 Å². The summed E-state index contributed by atoms with van der Waals surface area (Å²) in [6.07, 6.45) is 1.95. The second kappa shape index (κ2) is 13.7. The minimum Gasteiger partial charge on any atom is -0.496 e. The van der Waals surface area contributed by atoms with Crippen molar-refractivity contribution >= 4 is 11.8 Å². The van der Waals surface area contributed by atoms with E-state index in [1.807, 2.05) is 67.1 Å². The SMILES string of the molecule is COc1cccc(OC)c1C(=O)N(CC(=O)N(Cc1ccccc1)Cc1cccn1Cc1ccc(F)cc1)C(C)C. The van der Waals surface area contributed by atoms with Gasteiger partial charge in [-0.1, -0.05) is 48.5 Å². The molecule has 0 saturated heterocycles. The Bertz CT molecular complexity index is 1430. The molecule has 1 heterocycles. The quantitative estimate of drug-likeness (QED) is 0.222. The maximum absolute atomic E-state index is 14.0. The highest BCUT2D eigenvalue weighted by molar-refractivity contribution is 6.01. The van der Waals surface area contributed by atoms with Gasteiger partial charge in [0.25, 0.3) is 5.91 Å². The topological polar surface area (TPSA) is 64.0 Å². The van der Waals surface area contributed by atoms with Crippen molar-refractivity contribution in [2.45, 2.75) is 39.5 Å². The third-order valence-electron chi connectivity index (χ3n) is 6.94. The third-order valence-corrected chi connectivity index (χ3v) is 6.94. The van der Waals surface area contributed by atoms with Crippen LogP contribution < -0.4 is 9.47 Å². The molecule has 0 fully saturated rings. The van der Waals surface area contributed by atoms with Crippen molar-refractivity contribution in [1.82, 2.24) is 14.4 Å². The van der Waals surface area contributed by atoms with Crippen LogP contribution in [0.3, 0.4) is 0 Å². The van der Waals surface area contributed by atoms with E-state index >= 15 is 0 Å². The zero-order chi connectivity index (χ0) is 29.4. The Hall–Kier alpha value is -4.59. The molecule has 4 aromatic rings. The number of amides is 2. The van der Waals surface area contributed by atoms with Crippen molar-refractivity contribution in [3.8, 4) is 11.5 Å². The highest BCUT2D eigenvalue weighted by atomic mass is 19.1. The van der Waals surface area contributed by atoms with Gasteiger partial charge in [-0.2, -0.15) is 0 Å². The largest absolute Gasteiger partial charge is 0.496 e. The zero-order valence-corrected chi connectivity index (χ0v) is 23.9. The Kier molecular flexibility index (Phi) is 9.79. The number of carbonyl (C=O) groups is 2. The van der Waals surface area contributed by atoms with Crippen LogP contribution in [0, 0.1) is 5.82 Å². The summed E-state index contributed by atoms with van der Waals surface area (Å²) in [4.78, 5) is 31.1. The molecule has 214 valence electrons. The molecule has 0 aliphatic carbocycles. The number of carbonyl (C=O) groups excluding carboxylic acids is 2. The average Bonchev–Trinajstić information content (AvgIpc) is 3.42. The molecule has 4 rings (SSSR count). The molecule has 0 atom stereocenters. The van der Waals surface area contributed by atoms with Crippen LogP contribution in [-0.4, -0.2) is 53.0 Å². The lowest BCUT2D eigenvalue weighted by atomic mass is 10.1. The Balaban J connectivity index is 1.61. The van der Waals surface area contributed by atoms with E-state index in [4.69, 9.17) is 9.47 Å². The summed E-state index contributed by atoms with van der Waals surface area (Å²) in [6.45, 7) is 4.88. The number of nitrogens with zero attached hydrogens (tertiary/aromatic N) is 3. The predicted octanol–water partition coefficient (Wildman–Crippen LogP) is 5.77. The standard InChI is InChI=1S/C33H36FN3O4/c1-24(2)37(33(39)32-29(40-3)13-8-14-30(32)41-4)23-31(38)36(21-25-10-6-5-7-11-25)22-28-12-9-19-35(28)20-26-15-17-27(34)18-16-26/h5-19,24H,20-23H2,1-4H3. The van der Waals surface area contributed by atoms with E-state index in [1.165, 1.54) is 31.3 Å². The third kappa shape index (κ3) is 7.33. The number of halogens is 1. The normalized spacial score (nSPS) is 10.9. The lowest BCUT2D eigenvalue weighted by Crippen LogP contribution is -2.45. The van der Waals surface area contributed by atoms with Crippen molar-refractivity contribution in [1.29, 1.82) is 0 Å². The van der Waals surface area contributed by atoms with Gasteiger partial charge in [-0.15, -0.1) is 0 Å². The zero-order valence-electron chi connectivity index (χ0n) is 23.9. The van der Waals surface area contributed by atoms with Crippen molar-refractivity contribution < 1.29 is 23.5 Å². The summed E-state index contributed by atoms with van der Waals surface area (Å²) in [5.41, 5.74) is 3.13. The van der Waals surface area contributed by atoms with Gasteiger partial charge in [0.15, 0.2) is 0 Å². The monoisotopic (exact) mass is 557 g/mol. The van der Waals surface area contributed by atoms with Gasteiger partial charge in [0.2, 0.25) is 5.91 Å². The summed E-state index contributed by atoms with van der Waals surface area (Å²) in [6, 6.07) is 24.9. The minimum atomic E-state index is -0.345. The number of hydrogen-bond donors (Lipinski definition) is 0. The van der Waals surface area contributed by atoms with E-state index in [1.54, 1.807) is 35.2 Å². The molecule has 1 aromatic heterocycles. The van der Waals surface area contributed by atoms with Gasteiger partial charge < -0.3 is 23.8 Å². The van der Waals surface area contributed by atoms with E-state index in [0.29, 0.717) is 31.1 Å². The summed E-state index contributed by atoms with van der Waals surface area (Å²) >= 11 is 0. The van der Waals surface area contributed by atoms with Gasteiger partial charge in [0.05, 0.1) is 20.8 Å². The Labute approximate surface area is 240 Å². The van der Waals surface area contributed by atoms with Crippen LogP contribution in [0.2, 0.25) is 0 Å². The molecule has 0 aliphatic rings. The second-order valence-corrected chi connectivity index (χ2v) is 10.1. The maximum Gasteiger partial charge on any atom is 0.262 e. The molecule has 0 saturated carbocycles. The summed E-state index contributed by atoms with van der Waals surface area (Å²) in [5.74, 6) is -0.0585. The van der Waals surface area contributed by atoms with Crippen molar-refractivity contribution in [2.75, 3.05) is 20.8 Å². The first kappa shape index (κ1) is 29.4. The van der Waals surface area contributed by atoms with Gasteiger partial charge in [-0.05, 0) is 61.4 Å². The van der Waals surface area contributed by atoms with Crippen LogP contribution in [0.25, 0.3) is 0 Å². The molecule has 0 unspecified atom stereocenters. The van der Waals surface area contributed by atoms with Gasteiger partial charge in [-0.3, -0.25) is 9.59 Å². The molecule has 0 N–H and O–H groups in total. The van der Waals surface area contributed by atoms with E-state index < -0.39 is 0 Å². The molecule has 8 heteroatoms. The summed E-state index contributed by atoms with van der Waals surface area (Å²) in [7, 11) is 3.00. The lowest BCUT2D eigenvalue weighted by Gasteiger charge is -2.31. The van der Waals surface area contributed by atoms with Crippen LogP contribution in [0.5, 0.6) is 11.5 Å². The summed E-state index contributed by atoms with van der Waals surface area (Å²) in [5, 5.41) is 0. The molecular formula is C33H36FN3O4. The van der Waals surface area contributed by atoms with Crippen LogP contribution >= 0.6 is 0 Å². The van der Waals surface area contributed by atoms with Gasteiger partial charge in [0.1, 0.15) is 29.4 Å². The first-order valence-electron chi connectivity index (χ1n) is 13.5. The first-order chi connectivity index (χ1) is 19.8. The number of rotatable bonds is 12. The first-order valence-corrected chi connectivity index (χ1v) is 13.5. The molecule has 0 bridgehead atoms. The Morgan fingerprint density at radius 1 is 0.805 bits per heavy atom. The second-order valence-electron chi connectivity index (χ2n) is 10.1. The molecule has 0 aliphatic heterocycles. The highest BCUT2D eigenvalue weighted by Gasteiger charge is 2.29. The van der Waals surface area contributed by atoms with E-state index in [2.05, 4.69) is 0 Å². The van der Waals surface area contributed by atoms with Crippen molar-refractivity contribution in [3.63, 3.8) is 0 Å². The fraction of sp³-hybridized carbons (Fsp3) is 0.273. The average molecular weight is 558 g/mol. The predicted molar refractivity (Wildman–Crippen MR) is 156 cm³/mol. The summed E-state index contributed by atoms with van der Waals surface area (Å²) < 4.78 is 26.4. The molecule has 7 nitrogen and oxygen atoms in total. The number of aromatic nitrogens is 1. The van der Waals surface area contributed by atoms with Crippen LogP contribution in [0.1, 0.15) is 41.0 Å². The Morgan fingerprint density at radius 2 is 1.46 bits per heavy atom. The number of ether oxygens (including phenoxy) is 2. The van der Waals surface area contributed by atoms with Gasteiger partial charge >= 0.3 is 0 Å². The van der Waals surface area contributed by atoms with Crippen LogP contribution in [0.4, 0.5) is 4.39 Å². The number of benzene rings is 3. The minimum absolute atomic E-state index is 0.122. The molecule has 0 radical (unpaired) electrons. The fourth-order valence-electron chi connectivity index (χ4n) is 4.71.